The Morgan fingerprint density at radius 2 is 1.57 bits per heavy atom. The first-order valence-electron chi connectivity index (χ1n) is 6.86. The Kier molecular flexibility index (Phi) is 4.75. The summed E-state index contributed by atoms with van der Waals surface area (Å²) in [7, 11) is 0. The van der Waals surface area contributed by atoms with Crippen molar-refractivity contribution in [3.8, 4) is 0 Å². The lowest BCUT2D eigenvalue weighted by atomic mass is 10.0. The fourth-order valence-corrected chi connectivity index (χ4v) is 2.15. The average molecular weight is 313 g/mol. The lowest BCUT2D eigenvalue weighted by Crippen LogP contribution is -2.28. The Hall–Kier alpha value is -3.15. The van der Waals surface area contributed by atoms with Gasteiger partial charge >= 0.3 is 11.9 Å². The zero-order valence-electron chi connectivity index (χ0n) is 12.3. The molecule has 2 aromatic carbocycles. The zero-order valence-corrected chi connectivity index (χ0v) is 12.3. The number of carbonyl (C=O) groups excluding carboxylic acids is 1. The van der Waals surface area contributed by atoms with Crippen LogP contribution in [-0.4, -0.2) is 28.1 Å². The van der Waals surface area contributed by atoms with Crippen molar-refractivity contribution in [2.75, 3.05) is 0 Å². The monoisotopic (exact) mass is 313 g/mol. The number of hydrogen-bond donors (Lipinski definition) is 3. The first kappa shape index (κ1) is 16.2. The van der Waals surface area contributed by atoms with Crippen molar-refractivity contribution in [2.45, 2.75) is 13.0 Å². The van der Waals surface area contributed by atoms with E-state index in [0.29, 0.717) is 0 Å². The number of nitrogens with one attached hydrogen (secondary N) is 1. The molecule has 0 unspecified atom stereocenters. The molecular weight excluding hydrogens is 298 g/mol. The lowest BCUT2D eigenvalue weighted by Gasteiger charge is -2.15. The molecule has 0 radical (unpaired) electrons. The third-order valence-electron chi connectivity index (χ3n) is 3.39. The summed E-state index contributed by atoms with van der Waals surface area (Å²) in [6.07, 6.45) is 0. The van der Waals surface area contributed by atoms with E-state index in [0.717, 1.165) is 11.6 Å². The van der Waals surface area contributed by atoms with Gasteiger partial charge in [0, 0.05) is 0 Å². The van der Waals surface area contributed by atoms with E-state index in [4.69, 9.17) is 5.11 Å². The number of carboxylic acids is 2. The summed E-state index contributed by atoms with van der Waals surface area (Å²) in [5.74, 6) is -3.18. The molecule has 0 saturated heterocycles. The summed E-state index contributed by atoms with van der Waals surface area (Å²) in [5.41, 5.74) is 0.267. The highest BCUT2D eigenvalue weighted by Gasteiger charge is 2.20. The maximum atomic E-state index is 12.3. The number of aromatic carboxylic acids is 2. The van der Waals surface area contributed by atoms with Gasteiger partial charge in [0.25, 0.3) is 5.91 Å². The van der Waals surface area contributed by atoms with Crippen LogP contribution in [0.5, 0.6) is 0 Å². The fraction of sp³-hybridized carbons (Fsp3) is 0.118. The number of rotatable bonds is 5. The molecule has 0 aliphatic rings. The maximum Gasteiger partial charge on any atom is 0.336 e. The molecular formula is C17H15NO5. The third-order valence-corrected chi connectivity index (χ3v) is 3.39. The van der Waals surface area contributed by atoms with Gasteiger partial charge in [0.15, 0.2) is 0 Å². The Morgan fingerprint density at radius 3 is 2.13 bits per heavy atom. The van der Waals surface area contributed by atoms with Crippen LogP contribution in [-0.2, 0) is 0 Å². The van der Waals surface area contributed by atoms with Crippen LogP contribution in [0, 0.1) is 0 Å². The Bertz CT molecular complexity index is 755. The van der Waals surface area contributed by atoms with Gasteiger partial charge in [-0.2, -0.15) is 0 Å². The molecule has 0 aromatic heterocycles. The van der Waals surface area contributed by atoms with Crippen LogP contribution in [0.2, 0.25) is 0 Å². The van der Waals surface area contributed by atoms with E-state index in [1.54, 1.807) is 6.92 Å². The van der Waals surface area contributed by atoms with Gasteiger partial charge in [0.05, 0.1) is 22.7 Å². The summed E-state index contributed by atoms with van der Waals surface area (Å²) in [6, 6.07) is 12.3. The van der Waals surface area contributed by atoms with Crippen molar-refractivity contribution < 1.29 is 24.6 Å². The first-order chi connectivity index (χ1) is 10.9. The molecule has 2 rings (SSSR count). The predicted molar refractivity (Wildman–Crippen MR) is 82.7 cm³/mol. The molecule has 6 heteroatoms. The second-order valence-electron chi connectivity index (χ2n) is 4.98. The van der Waals surface area contributed by atoms with Crippen LogP contribution in [0.1, 0.15) is 49.6 Å². The molecule has 0 fully saturated rings. The molecule has 118 valence electrons. The smallest absolute Gasteiger partial charge is 0.336 e. The summed E-state index contributed by atoms with van der Waals surface area (Å²) >= 11 is 0. The molecule has 0 aliphatic heterocycles. The highest BCUT2D eigenvalue weighted by atomic mass is 16.4. The molecule has 0 heterocycles. The minimum absolute atomic E-state index is 0.0784. The molecule has 1 amide bonds. The minimum Gasteiger partial charge on any atom is -0.478 e. The topological polar surface area (TPSA) is 104 Å². The van der Waals surface area contributed by atoms with E-state index < -0.39 is 17.8 Å². The molecule has 0 bridgehead atoms. The molecule has 6 nitrogen and oxygen atoms in total. The highest BCUT2D eigenvalue weighted by molar-refractivity contribution is 6.06. The van der Waals surface area contributed by atoms with Crippen LogP contribution in [0.15, 0.2) is 48.5 Å². The SMILES string of the molecule is C[C@H](NC(=O)c1ccc(C(=O)O)cc1C(=O)O)c1ccccc1. The van der Waals surface area contributed by atoms with Crippen LogP contribution in [0.25, 0.3) is 0 Å². The summed E-state index contributed by atoms with van der Waals surface area (Å²) < 4.78 is 0. The van der Waals surface area contributed by atoms with Crippen molar-refractivity contribution in [1.82, 2.24) is 5.32 Å². The zero-order chi connectivity index (χ0) is 17.0. The van der Waals surface area contributed by atoms with Crippen molar-refractivity contribution in [3.63, 3.8) is 0 Å². The number of carbonyl (C=O) groups is 3. The van der Waals surface area contributed by atoms with Crippen LogP contribution in [0.3, 0.4) is 0 Å². The maximum absolute atomic E-state index is 12.3. The van der Waals surface area contributed by atoms with Crippen LogP contribution >= 0.6 is 0 Å². The van der Waals surface area contributed by atoms with E-state index in [9.17, 15) is 19.5 Å². The Morgan fingerprint density at radius 1 is 0.913 bits per heavy atom. The van der Waals surface area contributed by atoms with Crippen molar-refractivity contribution in [1.29, 1.82) is 0 Å². The first-order valence-corrected chi connectivity index (χ1v) is 6.86. The normalized spacial score (nSPS) is 11.5. The van der Waals surface area contributed by atoms with E-state index in [1.165, 1.54) is 12.1 Å². The fourth-order valence-electron chi connectivity index (χ4n) is 2.15. The molecule has 0 spiro atoms. The van der Waals surface area contributed by atoms with Gasteiger partial charge in [-0.05, 0) is 30.7 Å². The molecule has 0 saturated carbocycles. The van der Waals surface area contributed by atoms with Gasteiger partial charge in [-0.15, -0.1) is 0 Å². The van der Waals surface area contributed by atoms with E-state index >= 15 is 0 Å². The number of carboxylic acid groups (broad SMARTS) is 2. The average Bonchev–Trinajstić information content (AvgIpc) is 2.54. The molecule has 2 aromatic rings. The second-order valence-corrected chi connectivity index (χ2v) is 4.98. The van der Waals surface area contributed by atoms with Gasteiger partial charge in [-0.3, -0.25) is 4.79 Å². The Labute approximate surface area is 132 Å². The van der Waals surface area contributed by atoms with Crippen molar-refractivity contribution in [2.24, 2.45) is 0 Å². The van der Waals surface area contributed by atoms with Gasteiger partial charge in [-0.25, -0.2) is 9.59 Å². The third kappa shape index (κ3) is 3.74. The van der Waals surface area contributed by atoms with Gasteiger partial charge in [0.1, 0.15) is 0 Å². The highest BCUT2D eigenvalue weighted by Crippen LogP contribution is 2.16. The molecule has 23 heavy (non-hydrogen) atoms. The van der Waals surface area contributed by atoms with E-state index in [2.05, 4.69) is 5.32 Å². The summed E-state index contributed by atoms with van der Waals surface area (Å²) in [5, 5.41) is 20.8. The van der Waals surface area contributed by atoms with Gasteiger partial charge < -0.3 is 15.5 Å². The largest absolute Gasteiger partial charge is 0.478 e. The summed E-state index contributed by atoms with van der Waals surface area (Å²) in [6.45, 7) is 1.78. The quantitative estimate of drug-likeness (QED) is 0.787. The number of amides is 1. The van der Waals surface area contributed by atoms with Gasteiger partial charge in [0.2, 0.25) is 0 Å². The lowest BCUT2D eigenvalue weighted by molar-refractivity contribution is 0.0690. The van der Waals surface area contributed by atoms with Crippen LogP contribution < -0.4 is 5.32 Å². The predicted octanol–water partition coefficient (Wildman–Crippen LogP) is 2.57. The molecule has 3 N–H and O–H groups in total. The standard InChI is InChI=1S/C17H15NO5/c1-10(11-5-3-2-4-6-11)18-15(19)13-8-7-12(16(20)21)9-14(13)17(22)23/h2-10H,1H3,(H,18,19)(H,20,21)(H,22,23)/t10-/m0/s1. The summed E-state index contributed by atoms with van der Waals surface area (Å²) in [4.78, 5) is 34.5. The van der Waals surface area contributed by atoms with Crippen molar-refractivity contribution >= 4 is 17.8 Å². The molecule has 0 aliphatic carbocycles. The number of benzene rings is 2. The van der Waals surface area contributed by atoms with Crippen LogP contribution in [0.4, 0.5) is 0 Å². The van der Waals surface area contributed by atoms with Gasteiger partial charge in [-0.1, -0.05) is 30.3 Å². The second kappa shape index (κ2) is 6.74. The Balaban J connectivity index is 2.28. The minimum atomic E-state index is -1.36. The molecule has 1 atom stereocenters. The van der Waals surface area contributed by atoms with E-state index in [-0.39, 0.29) is 22.7 Å². The van der Waals surface area contributed by atoms with E-state index in [1.807, 2.05) is 30.3 Å². The van der Waals surface area contributed by atoms with Crippen molar-refractivity contribution in [3.05, 3.63) is 70.8 Å². The number of hydrogen-bond acceptors (Lipinski definition) is 3.